The monoisotopic (exact) mass is 280 g/mol. The first-order valence-electron chi connectivity index (χ1n) is 4.12. The summed E-state index contributed by atoms with van der Waals surface area (Å²) in [7, 11) is 0. The number of nitrogens with zero attached hydrogens (tertiary/aromatic N) is 1. The Balaban J connectivity index is 3.34. The Labute approximate surface area is 93.9 Å². The van der Waals surface area contributed by atoms with E-state index in [0.717, 1.165) is 5.32 Å². The van der Waals surface area contributed by atoms with Crippen molar-refractivity contribution in [2.24, 2.45) is 10.9 Å². The summed E-state index contributed by atoms with van der Waals surface area (Å²) in [6.07, 6.45) is -13.1. The highest BCUT2D eigenvalue weighted by molar-refractivity contribution is 6.10. The second-order valence-corrected chi connectivity index (χ2v) is 3.26. The van der Waals surface area contributed by atoms with Crippen molar-refractivity contribution >= 4 is 18.2 Å². The predicted octanol–water partition coefficient (Wildman–Crippen LogP) is 1.76. The molecular weight excluding hydrogens is 277 g/mol. The maximum atomic E-state index is 13.4. The zero-order chi connectivity index (χ0) is 14.4. The first-order chi connectivity index (χ1) is 7.91. The Bertz CT molecular complexity index is 397. The lowest BCUT2D eigenvalue weighted by Crippen LogP contribution is -2.63. The second kappa shape index (κ2) is 3.92. The molecule has 1 aliphatic rings. The summed E-state index contributed by atoms with van der Waals surface area (Å²) in [5.41, 5.74) is -5.81. The van der Waals surface area contributed by atoms with E-state index in [0.29, 0.717) is 0 Å². The highest BCUT2D eigenvalue weighted by Crippen LogP contribution is 2.50. The minimum Gasteiger partial charge on any atom is -0.276 e. The van der Waals surface area contributed by atoms with Gasteiger partial charge < -0.3 is 0 Å². The average Bonchev–Trinajstić information content (AvgIpc) is 2.12. The highest BCUT2D eigenvalue weighted by Gasteiger charge is 2.77. The van der Waals surface area contributed by atoms with Crippen molar-refractivity contribution < 1.29 is 40.3 Å². The first kappa shape index (κ1) is 14.4. The minimum absolute atomic E-state index is 0.303. The van der Waals surface area contributed by atoms with Gasteiger partial charge in [-0.3, -0.25) is 10.1 Å². The molecular formula is C7H3F7N2O2. The van der Waals surface area contributed by atoms with E-state index in [4.69, 9.17) is 0 Å². The lowest BCUT2D eigenvalue weighted by Gasteiger charge is -2.34. The van der Waals surface area contributed by atoms with Crippen LogP contribution in [0.2, 0.25) is 0 Å². The van der Waals surface area contributed by atoms with Gasteiger partial charge in [-0.05, 0) is 0 Å². The van der Waals surface area contributed by atoms with Crippen LogP contribution in [-0.2, 0) is 4.79 Å². The number of carbonyl (C=O) groups excluding carboxylic acids is 2. The highest BCUT2D eigenvalue weighted by atomic mass is 19.4. The van der Waals surface area contributed by atoms with E-state index >= 15 is 0 Å². The molecule has 1 atom stereocenters. The van der Waals surface area contributed by atoms with E-state index in [1.165, 1.54) is 0 Å². The predicted molar refractivity (Wildman–Crippen MR) is 41.5 cm³/mol. The van der Waals surface area contributed by atoms with Crippen LogP contribution >= 0.6 is 0 Å². The number of aliphatic imine (C=N–C) groups is 1. The number of nitrogens with one attached hydrogen (secondary N) is 1. The lowest BCUT2D eigenvalue weighted by molar-refractivity contribution is -0.347. The summed E-state index contributed by atoms with van der Waals surface area (Å²) in [4.78, 5) is 23.8. The van der Waals surface area contributed by atoms with Gasteiger partial charge in [-0.25, -0.2) is 14.2 Å². The third kappa shape index (κ3) is 2.04. The molecule has 0 aromatic carbocycles. The molecule has 0 aliphatic carbocycles. The van der Waals surface area contributed by atoms with Gasteiger partial charge in [0.05, 0.1) is 0 Å². The number of amides is 3. The number of imide groups is 1. The van der Waals surface area contributed by atoms with Crippen molar-refractivity contribution in [1.82, 2.24) is 5.32 Å². The maximum absolute atomic E-state index is 13.4. The van der Waals surface area contributed by atoms with Crippen molar-refractivity contribution in [2.75, 3.05) is 0 Å². The Morgan fingerprint density at radius 2 is 1.44 bits per heavy atom. The minimum atomic E-state index is -6.39. The molecule has 0 saturated carbocycles. The van der Waals surface area contributed by atoms with Crippen LogP contribution < -0.4 is 5.32 Å². The van der Waals surface area contributed by atoms with Crippen LogP contribution in [-0.4, -0.2) is 36.2 Å². The fraction of sp³-hybridized carbons (Fsp3) is 0.571. The molecule has 3 amide bonds. The van der Waals surface area contributed by atoms with Gasteiger partial charge in [0.15, 0.2) is 0 Å². The normalized spacial score (nSPS) is 22.1. The van der Waals surface area contributed by atoms with Crippen molar-refractivity contribution in [3.63, 3.8) is 0 Å². The first-order valence-corrected chi connectivity index (χ1v) is 4.12. The van der Waals surface area contributed by atoms with Gasteiger partial charge in [0.2, 0.25) is 5.91 Å². The topological polar surface area (TPSA) is 58.5 Å². The molecule has 18 heavy (non-hydrogen) atoms. The maximum Gasteiger partial charge on any atom is 0.432 e. The van der Waals surface area contributed by atoms with Crippen LogP contribution in [0.1, 0.15) is 0 Å². The Hall–Kier alpha value is -1.68. The molecule has 1 rings (SSSR count). The Morgan fingerprint density at radius 1 is 1.00 bits per heavy atom. The van der Waals surface area contributed by atoms with Crippen LogP contribution in [0.5, 0.6) is 0 Å². The van der Waals surface area contributed by atoms with Crippen molar-refractivity contribution in [3.05, 3.63) is 0 Å². The van der Waals surface area contributed by atoms with Gasteiger partial charge in [-0.1, -0.05) is 0 Å². The molecule has 0 fully saturated rings. The summed E-state index contributed by atoms with van der Waals surface area (Å²) >= 11 is 0. The molecule has 11 heteroatoms. The standard InChI is InChI=1S/C7H3F7N2O2/c8-5(6(9,10)11,7(12,13)14)2-1-15-4(18)16-3(2)17/h1-2H,(H,16,17,18). The summed E-state index contributed by atoms with van der Waals surface area (Å²) < 4.78 is 86.8. The van der Waals surface area contributed by atoms with E-state index in [-0.39, 0.29) is 6.21 Å². The van der Waals surface area contributed by atoms with Gasteiger partial charge in [-0.2, -0.15) is 26.3 Å². The third-order valence-electron chi connectivity index (χ3n) is 2.11. The molecule has 1 N–H and O–H groups in total. The molecule has 0 aromatic rings. The van der Waals surface area contributed by atoms with E-state index < -0.39 is 35.9 Å². The smallest absolute Gasteiger partial charge is 0.276 e. The van der Waals surface area contributed by atoms with E-state index in [1.807, 2.05) is 0 Å². The molecule has 1 unspecified atom stereocenters. The summed E-state index contributed by atoms with van der Waals surface area (Å²) in [5.74, 6) is -5.37. The van der Waals surface area contributed by atoms with Crippen molar-refractivity contribution in [3.8, 4) is 0 Å². The molecule has 0 aromatic heterocycles. The SMILES string of the molecule is O=C1N=CC(C(F)(C(F)(F)F)C(F)(F)F)C(=O)N1. The van der Waals surface area contributed by atoms with Crippen LogP contribution in [0, 0.1) is 5.92 Å². The van der Waals surface area contributed by atoms with Crippen LogP contribution in [0.25, 0.3) is 0 Å². The molecule has 4 nitrogen and oxygen atoms in total. The van der Waals surface area contributed by atoms with E-state index in [2.05, 4.69) is 4.99 Å². The van der Waals surface area contributed by atoms with E-state index in [9.17, 15) is 40.3 Å². The number of urea groups is 1. The number of hydrogen-bond acceptors (Lipinski definition) is 2. The van der Waals surface area contributed by atoms with Crippen LogP contribution in [0.15, 0.2) is 4.99 Å². The molecule has 1 aliphatic heterocycles. The summed E-state index contributed by atoms with van der Waals surface area (Å²) in [6.45, 7) is 0. The molecule has 1 heterocycles. The number of rotatable bonds is 1. The molecule has 0 bridgehead atoms. The lowest BCUT2D eigenvalue weighted by atomic mass is 9.87. The van der Waals surface area contributed by atoms with Crippen molar-refractivity contribution in [1.29, 1.82) is 0 Å². The average molecular weight is 280 g/mol. The zero-order valence-electron chi connectivity index (χ0n) is 8.06. The Kier molecular flexibility index (Phi) is 3.13. The van der Waals surface area contributed by atoms with Gasteiger partial charge in [0.25, 0.3) is 0 Å². The summed E-state index contributed by atoms with van der Waals surface area (Å²) in [5, 5.41) is 1.06. The molecule has 0 saturated heterocycles. The van der Waals surface area contributed by atoms with Crippen molar-refractivity contribution in [2.45, 2.75) is 18.0 Å². The molecule has 0 radical (unpaired) electrons. The largest absolute Gasteiger partial charge is 0.432 e. The fourth-order valence-electron chi connectivity index (χ4n) is 1.22. The quantitative estimate of drug-likeness (QED) is 0.744. The molecule has 102 valence electrons. The number of hydrogen-bond donors (Lipinski definition) is 1. The van der Waals surface area contributed by atoms with E-state index in [1.54, 1.807) is 0 Å². The number of carbonyl (C=O) groups is 2. The second-order valence-electron chi connectivity index (χ2n) is 3.26. The van der Waals surface area contributed by atoms with Gasteiger partial charge in [-0.15, -0.1) is 0 Å². The van der Waals surface area contributed by atoms with Crippen LogP contribution in [0.3, 0.4) is 0 Å². The Morgan fingerprint density at radius 3 is 1.78 bits per heavy atom. The van der Waals surface area contributed by atoms with Gasteiger partial charge in [0.1, 0.15) is 5.92 Å². The van der Waals surface area contributed by atoms with Gasteiger partial charge in [0, 0.05) is 6.21 Å². The number of halogens is 7. The summed E-state index contributed by atoms with van der Waals surface area (Å²) in [6, 6.07) is -1.47. The molecule has 0 spiro atoms. The number of alkyl halides is 7. The zero-order valence-corrected chi connectivity index (χ0v) is 8.06. The third-order valence-corrected chi connectivity index (χ3v) is 2.11. The van der Waals surface area contributed by atoms with Crippen LogP contribution in [0.4, 0.5) is 35.5 Å². The van der Waals surface area contributed by atoms with Gasteiger partial charge >= 0.3 is 24.1 Å². The fourth-order valence-corrected chi connectivity index (χ4v) is 1.22.